The third-order valence-electron chi connectivity index (χ3n) is 5.44. The number of hydrogen-bond acceptors (Lipinski definition) is 5. The molecule has 2 heterocycles. The number of nitrogens with zero attached hydrogens (tertiary/aromatic N) is 4. The second-order valence-electron chi connectivity index (χ2n) is 8.07. The lowest BCUT2D eigenvalue weighted by Gasteiger charge is -2.43. The number of thioether (sulfide) groups is 1. The van der Waals surface area contributed by atoms with E-state index in [0.717, 1.165) is 11.4 Å². The highest BCUT2D eigenvalue weighted by molar-refractivity contribution is 8.00. The molecule has 4 rings (SSSR count). The van der Waals surface area contributed by atoms with Gasteiger partial charge < -0.3 is 9.88 Å². The Morgan fingerprint density at radius 3 is 2.52 bits per heavy atom. The summed E-state index contributed by atoms with van der Waals surface area (Å²) in [6.45, 7) is 7.89. The molecule has 160 valence electrons. The van der Waals surface area contributed by atoms with E-state index in [-0.39, 0.29) is 11.8 Å². The fourth-order valence-corrected chi connectivity index (χ4v) is 4.57. The van der Waals surface area contributed by atoms with E-state index in [0.29, 0.717) is 23.1 Å². The number of amides is 2. The SMILES string of the molecule is Cc1nnc(S[C@@H](C)C(=O)N2c3ccccc3NC(=O)C2(C)C)n1Cc1ccccc1. The minimum absolute atomic E-state index is 0.149. The summed E-state index contributed by atoms with van der Waals surface area (Å²) in [5.74, 6) is 0.429. The number of aryl methyl sites for hydroxylation is 1. The number of hydrogen-bond donors (Lipinski definition) is 1. The Morgan fingerprint density at radius 2 is 1.77 bits per heavy atom. The van der Waals surface area contributed by atoms with Gasteiger partial charge in [-0.15, -0.1) is 10.2 Å². The average molecular weight is 436 g/mol. The van der Waals surface area contributed by atoms with E-state index in [2.05, 4.69) is 15.5 Å². The minimum atomic E-state index is -1.01. The van der Waals surface area contributed by atoms with E-state index in [1.54, 1.807) is 24.8 Å². The largest absolute Gasteiger partial charge is 0.322 e. The first kappa shape index (κ1) is 21.1. The maximum atomic E-state index is 13.6. The monoisotopic (exact) mass is 435 g/mol. The zero-order valence-corrected chi connectivity index (χ0v) is 18.8. The van der Waals surface area contributed by atoms with Crippen LogP contribution in [0.2, 0.25) is 0 Å². The number of nitrogens with one attached hydrogen (secondary N) is 1. The molecule has 0 bridgehead atoms. The van der Waals surface area contributed by atoms with Crippen LogP contribution in [0.1, 0.15) is 32.2 Å². The molecule has 31 heavy (non-hydrogen) atoms. The van der Waals surface area contributed by atoms with Crippen molar-refractivity contribution < 1.29 is 9.59 Å². The van der Waals surface area contributed by atoms with Gasteiger partial charge in [-0.3, -0.25) is 14.5 Å². The highest BCUT2D eigenvalue weighted by Crippen LogP contribution is 2.38. The number of para-hydroxylation sites is 2. The lowest BCUT2D eigenvalue weighted by Crippen LogP contribution is -2.60. The van der Waals surface area contributed by atoms with Crippen molar-refractivity contribution in [2.75, 3.05) is 10.2 Å². The summed E-state index contributed by atoms with van der Waals surface area (Å²) in [5, 5.41) is 11.6. The number of benzene rings is 2. The maximum Gasteiger partial charge on any atom is 0.250 e. The lowest BCUT2D eigenvalue weighted by atomic mass is 9.96. The van der Waals surface area contributed by atoms with E-state index in [4.69, 9.17) is 0 Å². The summed E-state index contributed by atoms with van der Waals surface area (Å²) in [5.41, 5.74) is 1.47. The first-order chi connectivity index (χ1) is 14.8. The summed E-state index contributed by atoms with van der Waals surface area (Å²) in [6, 6.07) is 17.4. The number of aromatic nitrogens is 3. The highest BCUT2D eigenvalue weighted by atomic mass is 32.2. The van der Waals surface area contributed by atoms with Crippen molar-refractivity contribution in [1.82, 2.24) is 14.8 Å². The number of anilines is 2. The van der Waals surface area contributed by atoms with Crippen molar-refractivity contribution in [3.8, 4) is 0 Å². The molecule has 0 saturated heterocycles. The van der Waals surface area contributed by atoms with Crippen molar-refractivity contribution in [2.24, 2.45) is 0 Å². The van der Waals surface area contributed by atoms with E-state index in [9.17, 15) is 9.59 Å². The summed E-state index contributed by atoms with van der Waals surface area (Å²) in [4.78, 5) is 27.9. The van der Waals surface area contributed by atoms with Gasteiger partial charge in [0.2, 0.25) is 11.8 Å². The van der Waals surface area contributed by atoms with Gasteiger partial charge in [0.25, 0.3) is 0 Å². The lowest BCUT2D eigenvalue weighted by molar-refractivity contribution is -0.126. The third kappa shape index (κ3) is 3.95. The predicted molar refractivity (Wildman–Crippen MR) is 122 cm³/mol. The molecule has 0 spiro atoms. The molecule has 2 aromatic carbocycles. The first-order valence-corrected chi connectivity index (χ1v) is 11.0. The molecule has 0 fully saturated rings. The molecule has 0 unspecified atom stereocenters. The van der Waals surface area contributed by atoms with Crippen LogP contribution in [0.15, 0.2) is 59.8 Å². The maximum absolute atomic E-state index is 13.6. The molecular weight excluding hydrogens is 410 g/mol. The van der Waals surface area contributed by atoms with Crippen molar-refractivity contribution in [2.45, 2.75) is 50.2 Å². The zero-order valence-electron chi connectivity index (χ0n) is 18.0. The number of fused-ring (bicyclic) bond motifs is 1. The van der Waals surface area contributed by atoms with Gasteiger partial charge in [-0.25, -0.2) is 0 Å². The fraction of sp³-hybridized carbons (Fsp3) is 0.304. The Morgan fingerprint density at radius 1 is 1.10 bits per heavy atom. The van der Waals surface area contributed by atoms with Gasteiger partial charge in [-0.05, 0) is 45.4 Å². The van der Waals surface area contributed by atoms with Crippen LogP contribution in [0.4, 0.5) is 11.4 Å². The highest BCUT2D eigenvalue weighted by Gasteiger charge is 2.45. The van der Waals surface area contributed by atoms with Gasteiger partial charge in [0.05, 0.1) is 23.2 Å². The number of rotatable bonds is 5. The topological polar surface area (TPSA) is 80.1 Å². The Balaban J connectivity index is 1.61. The fourth-order valence-electron chi connectivity index (χ4n) is 3.63. The zero-order chi connectivity index (χ0) is 22.2. The van der Waals surface area contributed by atoms with Crippen molar-refractivity contribution in [3.05, 3.63) is 66.0 Å². The minimum Gasteiger partial charge on any atom is -0.322 e. The molecule has 0 saturated carbocycles. The Kier molecular flexibility index (Phi) is 5.58. The van der Waals surface area contributed by atoms with Crippen LogP contribution in [-0.4, -0.2) is 37.4 Å². The van der Waals surface area contributed by atoms with Crippen LogP contribution in [0.3, 0.4) is 0 Å². The first-order valence-electron chi connectivity index (χ1n) is 10.1. The van der Waals surface area contributed by atoms with Crippen LogP contribution < -0.4 is 10.2 Å². The predicted octanol–water partition coefficient (Wildman–Crippen LogP) is 3.88. The Hall–Kier alpha value is -3.13. The Labute approximate surface area is 185 Å². The van der Waals surface area contributed by atoms with Crippen molar-refractivity contribution in [1.29, 1.82) is 0 Å². The molecule has 8 heteroatoms. The molecule has 0 aliphatic carbocycles. The molecule has 7 nitrogen and oxygen atoms in total. The Bertz CT molecular complexity index is 1130. The molecule has 1 N–H and O–H groups in total. The standard InChI is InChI=1S/C23H25N5O2S/c1-15(31-22-26-25-16(2)27(22)14-17-10-6-5-7-11-17)20(29)28-19-13-9-8-12-18(19)24-21(30)23(28,3)4/h5-13,15H,14H2,1-4H3,(H,24,30)/t15-/m0/s1. The van der Waals surface area contributed by atoms with Crippen LogP contribution >= 0.6 is 11.8 Å². The molecule has 2 amide bonds. The second kappa shape index (κ2) is 8.19. The summed E-state index contributed by atoms with van der Waals surface area (Å²) >= 11 is 1.36. The molecule has 1 aliphatic heterocycles. The van der Waals surface area contributed by atoms with Gasteiger partial charge in [0.15, 0.2) is 5.16 Å². The van der Waals surface area contributed by atoms with Crippen LogP contribution in [-0.2, 0) is 16.1 Å². The van der Waals surface area contributed by atoms with Crippen molar-refractivity contribution in [3.63, 3.8) is 0 Å². The van der Waals surface area contributed by atoms with Crippen LogP contribution in [0.25, 0.3) is 0 Å². The average Bonchev–Trinajstić information content (AvgIpc) is 3.08. The molecule has 3 aromatic rings. The van der Waals surface area contributed by atoms with Crippen molar-refractivity contribution >= 4 is 35.0 Å². The van der Waals surface area contributed by atoms with Gasteiger partial charge in [0, 0.05) is 0 Å². The van der Waals surface area contributed by atoms with Gasteiger partial charge >= 0.3 is 0 Å². The second-order valence-corrected chi connectivity index (χ2v) is 9.37. The number of carbonyl (C=O) groups is 2. The quantitative estimate of drug-likeness (QED) is 0.615. The normalized spacial score (nSPS) is 15.9. The van der Waals surface area contributed by atoms with Gasteiger partial charge in [-0.1, -0.05) is 54.2 Å². The van der Waals surface area contributed by atoms with E-state index in [1.165, 1.54) is 11.8 Å². The van der Waals surface area contributed by atoms with Gasteiger partial charge in [0.1, 0.15) is 11.4 Å². The van der Waals surface area contributed by atoms with Crippen LogP contribution in [0, 0.1) is 6.92 Å². The van der Waals surface area contributed by atoms with E-state index >= 15 is 0 Å². The smallest absolute Gasteiger partial charge is 0.250 e. The molecule has 1 aromatic heterocycles. The summed E-state index contributed by atoms with van der Waals surface area (Å²) in [6.07, 6.45) is 0. The summed E-state index contributed by atoms with van der Waals surface area (Å²) < 4.78 is 2.01. The van der Waals surface area contributed by atoms with Crippen LogP contribution in [0.5, 0.6) is 0 Å². The molecule has 1 atom stereocenters. The third-order valence-corrected chi connectivity index (χ3v) is 6.51. The van der Waals surface area contributed by atoms with E-state index < -0.39 is 10.8 Å². The molecule has 1 aliphatic rings. The summed E-state index contributed by atoms with van der Waals surface area (Å²) in [7, 11) is 0. The molecule has 0 radical (unpaired) electrons. The van der Waals surface area contributed by atoms with E-state index in [1.807, 2.05) is 66.9 Å². The van der Waals surface area contributed by atoms with Gasteiger partial charge in [-0.2, -0.15) is 0 Å². The number of carbonyl (C=O) groups excluding carboxylic acids is 2. The molecular formula is C23H25N5O2S.